The largest absolute Gasteiger partial charge is 0.481 e. The van der Waals surface area contributed by atoms with Crippen LogP contribution >= 0.6 is 0 Å². The predicted molar refractivity (Wildman–Crippen MR) is 90.4 cm³/mol. The highest BCUT2D eigenvalue weighted by atomic mass is 16.5. The summed E-state index contributed by atoms with van der Waals surface area (Å²) >= 11 is 0. The number of amides is 1. The summed E-state index contributed by atoms with van der Waals surface area (Å²) in [6, 6.07) is 13.6. The molecule has 0 aliphatic carbocycles. The van der Waals surface area contributed by atoms with Gasteiger partial charge in [0.05, 0.1) is 0 Å². The molecule has 0 spiro atoms. The first-order chi connectivity index (χ1) is 10.5. The SMILES string of the molecule is CC[C@@H](Oc1ccccc1)C(=O)Nc1c(C)cc(C)cc1C. The van der Waals surface area contributed by atoms with Gasteiger partial charge in [-0.1, -0.05) is 42.8 Å². The molecular formula is C19H23NO2. The van der Waals surface area contributed by atoms with E-state index in [0.717, 1.165) is 16.8 Å². The average molecular weight is 297 g/mol. The molecule has 0 bridgehead atoms. The number of aryl methyl sites for hydroxylation is 3. The van der Waals surface area contributed by atoms with Crippen molar-refractivity contribution >= 4 is 11.6 Å². The topological polar surface area (TPSA) is 38.3 Å². The second kappa shape index (κ2) is 7.12. The summed E-state index contributed by atoms with van der Waals surface area (Å²) in [6.45, 7) is 8.02. The van der Waals surface area contributed by atoms with Crippen molar-refractivity contribution in [2.24, 2.45) is 0 Å². The number of para-hydroxylation sites is 1. The van der Waals surface area contributed by atoms with Gasteiger partial charge in [-0.25, -0.2) is 0 Å². The van der Waals surface area contributed by atoms with Crippen LogP contribution in [0.15, 0.2) is 42.5 Å². The van der Waals surface area contributed by atoms with Gasteiger partial charge < -0.3 is 10.1 Å². The van der Waals surface area contributed by atoms with Crippen LogP contribution in [0.4, 0.5) is 5.69 Å². The van der Waals surface area contributed by atoms with Crippen molar-refractivity contribution < 1.29 is 9.53 Å². The Balaban J connectivity index is 2.13. The molecule has 2 aromatic carbocycles. The fourth-order valence-corrected chi connectivity index (χ4v) is 2.57. The third-order valence-electron chi connectivity index (χ3n) is 3.61. The second-order valence-electron chi connectivity index (χ2n) is 5.59. The van der Waals surface area contributed by atoms with Gasteiger partial charge in [0.25, 0.3) is 5.91 Å². The molecule has 0 aliphatic heterocycles. The maximum atomic E-state index is 12.5. The first-order valence-corrected chi connectivity index (χ1v) is 7.61. The van der Waals surface area contributed by atoms with E-state index in [9.17, 15) is 4.79 Å². The van der Waals surface area contributed by atoms with Crippen molar-refractivity contribution in [3.8, 4) is 5.75 Å². The zero-order valence-electron chi connectivity index (χ0n) is 13.6. The molecule has 1 N–H and O–H groups in total. The predicted octanol–water partition coefficient (Wildman–Crippen LogP) is 4.41. The van der Waals surface area contributed by atoms with Crippen LogP contribution in [-0.4, -0.2) is 12.0 Å². The number of carbonyl (C=O) groups excluding carboxylic acids is 1. The summed E-state index contributed by atoms with van der Waals surface area (Å²) in [5.41, 5.74) is 4.21. The third kappa shape index (κ3) is 3.88. The van der Waals surface area contributed by atoms with Gasteiger partial charge in [0.1, 0.15) is 5.75 Å². The molecule has 0 radical (unpaired) electrons. The van der Waals surface area contributed by atoms with Crippen LogP contribution in [0.3, 0.4) is 0 Å². The quantitative estimate of drug-likeness (QED) is 0.888. The lowest BCUT2D eigenvalue weighted by Gasteiger charge is -2.19. The Hall–Kier alpha value is -2.29. The van der Waals surface area contributed by atoms with Crippen LogP contribution in [0.1, 0.15) is 30.0 Å². The van der Waals surface area contributed by atoms with E-state index < -0.39 is 6.10 Å². The Morgan fingerprint density at radius 3 is 2.23 bits per heavy atom. The van der Waals surface area contributed by atoms with E-state index in [4.69, 9.17) is 4.74 Å². The average Bonchev–Trinajstić information content (AvgIpc) is 2.49. The van der Waals surface area contributed by atoms with Crippen LogP contribution in [-0.2, 0) is 4.79 Å². The Morgan fingerprint density at radius 1 is 1.09 bits per heavy atom. The van der Waals surface area contributed by atoms with E-state index in [1.807, 2.05) is 51.1 Å². The van der Waals surface area contributed by atoms with Crippen LogP contribution in [0.25, 0.3) is 0 Å². The number of carbonyl (C=O) groups is 1. The third-order valence-corrected chi connectivity index (χ3v) is 3.61. The van der Waals surface area contributed by atoms with Gasteiger partial charge >= 0.3 is 0 Å². The van der Waals surface area contributed by atoms with Gasteiger partial charge in [0.2, 0.25) is 0 Å². The summed E-state index contributed by atoms with van der Waals surface area (Å²) < 4.78 is 5.79. The maximum Gasteiger partial charge on any atom is 0.265 e. The number of ether oxygens (including phenoxy) is 1. The first kappa shape index (κ1) is 16.1. The second-order valence-corrected chi connectivity index (χ2v) is 5.59. The molecule has 22 heavy (non-hydrogen) atoms. The maximum absolute atomic E-state index is 12.5. The zero-order valence-corrected chi connectivity index (χ0v) is 13.6. The lowest BCUT2D eigenvalue weighted by atomic mass is 10.0. The number of hydrogen-bond acceptors (Lipinski definition) is 2. The van der Waals surface area contributed by atoms with E-state index in [-0.39, 0.29) is 5.91 Å². The van der Waals surface area contributed by atoms with E-state index in [0.29, 0.717) is 12.2 Å². The van der Waals surface area contributed by atoms with Crippen LogP contribution in [0.2, 0.25) is 0 Å². The molecule has 1 atom stereocenters. The molecule has 0 heterocycles. The molecule has 0 fully saturated rings. The minimum absolute atomic E-state index is 0.110. The van der Waals surface area contributed by atoms with Crippen LogP contribution in [0, 0.1) is 20.8 Å². The van der Waals surface area contributed by atoms with Crippen LogP contribution < -0.4 is 10.1 Å². The molecular weight excluding hydrogens is 274 g/mol. The van der Waals surface area contributed by atoms with Crippen molar-refractivity contribution in [2.75, 3.05) is 5.32 Å². The molecule has 0 unspecified atom stereocenters. The fourth-order valence-electron chi connectivity index (χ4n) is 2.57. The summed E-state index contributed by atoms with van der Waals surface area (Å²) in [4.78, 5) is 12.5. The van der Waals surface area contributed by atoms with Crippen molar-refractivity contribution in [1.29, 1.82) is 0 Å². The Labute approximate surface area is 132 Å². The van der Waals surface area contributed by atoms with Crippen molar-refractivity contribution in [2.45, 2.75) is 40.2 Å². The van der Waals surface area contributed by atoms with E-state index in [1.165, 1.54) is 5.56 Å². The summed E-state index contributed by atoms with van der Waals surface area (Å²) in [5.74, 6) is 0.600. The summed E-state index contributed by atoms with van der Waals surface area (Å²) in [6.07, 6.45) is 0.118. The lowest BCUT2D eigenvalue weighted by Crippen LogP contribution is -2.32. The number of nitrogens with one attached hydrogen (secondary N) is 1. The standard InChI is InChI=1S/C19H23NO2/c1-5-17(22-16-9-7-6-8-10-16)19(21)20-18-14(3)11-13(2)12-15(18)4/h6-12,17H,5H2,1-4H3,(H,20,21)/t17-/m1/s1. The highest BCUT2D eigenvalue weighted by Gasteiger charge is 2.19. The van der Waals surface area contributed by atoms with Gasteiger partial charge in [0.15, 0.2) is 6.10 Å². The molecule has 0 aromatic heterocycles. The van der Waals surface area contributed by atoms with Crippen LogP contribution in [0.5, 0.6) is 5.75 Å². The molecule has 0 aliphatic rings. The molecule has 0 saturated carbocycles. The van der Waals surface area contributed by atoms with E-state index in [1.54, 1.807) is 0 Å². The van der Waals surface area contributed by atoms with Gasteiger partial charge in [-0.05, 0) is 50.5 Å². The molecule has 2 rings (SSSR count). The van der Waals surface area contributed by atoms with Gasteiger partial charge in [-0.15, -0.1) is 0 Å². The molecule has 116 valence electrons. The Bertz CT molecular complexity index is 627. The molecule has 2 aromatic rings. The minimum Gasteiger partial charge on any atom is -0.481 e. The molecule has 3 heteroatoms. The highest BCUT2D eigenvalue weighted by Crippen LogP contribution is 2.23. The Kier molecular flexibility index (Phi) is 5.21. The number of rotatable bonds is 5. The highest BCUT2D eigenvalue weighted by molar-refractivity contribution is 5.95. The Morgan fingerprint density at radius 2 is 1.68 bits per heavy atom. The fraction of sp³-hybridized carbons (Fsp3) is 0.316. The minimum atomic E-state index is -0.498. The number of anilines is 1. The monoisotopic (exact) mass is 297 g/mol. The summed E-state index contributed by atoms with van der Waals surface area (Å²) in [7, 11) is 0. The van der Waals surface area contributed by atoms with Gasteiger partial charge in [0, 0.05) is 5.69 Å². The molecule has 0 saturated heterocycles. The zero-order chi connectivity index (χ0) is 16.1. The first-order valence-electron chi connectivity index (χ1n) is 7.61. The molecule has 1 amide bonds. The van der Waals surface area contributed by atoms with E-state index in [2.05, 4.69) is 24.4 Å². The van der Waals surface area contributed by atoms with Crippen molar-refractivity contribution in [1.82, 2.24) is 0 Å². The van der Waals surface area contributed by atoms with Gasteiger partial charge in [-0.2, -0.15) is 0 Å². The van der Waals surface area contributed by atoms with Gasteiger partial charge in [-0.3, -0.25) is 4.79 Å². The normalized spacial score (nSPS) is 11.8. The van der Waals surface area contributed by atoms with E-state index >= 15 is 0 Å². The lowest BCUT2D eigenvalue weighted by molar-refractivity contribution is -0.122. The smallest absolute Gasteiger partial charge is 0.265 e. The summed E-state index contributed by atoms with van der Waals surface area (Å²) in [5, 5.41) is 3.01. The van der Waals surface area contributed by atoms with Crippen molar-refractivity contribution in [3.63, 3.8) is 0 Å². The van der Waals surface area contributed by atoms with Crippen molar-refractivity contribution in [3.05, 3.63) is 59.2 Å². The molecule has 3 nitrogen and oxygen atoms in total. The number of hydrogen-bond donors (Lipinski definition) is 1. The number of benzene rings is 2.